The molecule has 2 fully saturated rings. The number of aromatic nitrogens is 4. The van der Waals surface area contributed by atoms with Crippen molar-refractivity contribution in [1.82, 2.24) is 20.2 Å². The average molecular weight is 350 g/mol. The Bertz CT molecular complexity index is 782. The first-order chi connectivity index (χ1) is 12.8. The van der Waals surface area contributed by atoms with Gasteiger partial charge in [-0.05, 0) is 56.2 Å². The van der Waals surface area contributed by atoms with Gasteiger partial charge in [-0.25, -0.2) is 9.97 Å². The molecule has 26 heavy (non-hydrogen) atoms. The van der Waals surface area contributed by atoms with E-state index in [1.165, 1.54) is 43.4 Å². The SMILES string of the molecule is c1cc(NCC2CN(c3cc4c(nn3)CCCC4)C2)nc(C2CCC2)n1. The highest BCUT2D eigenvalue weighted by Crippen LogP contribution is 2.34. The van der Waals surface area contributed by atoms with Crippen molar-refractivity contribution in [3.05, 3.63) is 35.4 Å². The smallest absolute Gasteiger partial charge is 0.151 e. The summed E-state index contributed by atoms with van der Waals surface area (Å²) in [7, 11) is 0. The summed E-state index contributed by atoms with van der Waals surface area (Å²) in [5.41, 5.74) is 2.62. The molecule has 0 atom stereocenters. The van der Waals surface area contributed by atoms with E-state index in [9.17, 15) is 0 Å². The van der Waals surface area contributed by atoms with Crippen LogP contribution in [0.1, 0.15) is 55.1 Å². The maximum absolute atomic E-state index is 4.69. The monoisotopic (exact) mass is 350 g/mol. The van der Waals surface area contributed by atoms with Gasteiger partial charge in [-0.1, -0.05) is 6.42 Å². The van der Waals surface area contributed by atoms with E-state index in [-0.39, 0.29) is 0 Å². The second kappa shape index (κ2) is 6.82. The third-order valence-corrected chi connectivity index (χ3v) is 6.05. The molecule has 1 N–H and O–H groups in total. The molecule has 2 aromatic rings. The van der Waals surface area contributed by atoms with Gasteiger partial charge in [0.05, 0.1) is 5.69 Å². The fourth-order valence-electron chi connectivity index (χ4n) is 4.10. The van der Waals surface area contributed by atoms with E-state index in [1.54, 1.807) is 0 Å². The van der Waals surface area contributed by atoms with Crippen LogP contribution in [-0.2, 0) is 12.8 Å². The quantitative estimate of drug-likeness (QED) is 0.894. The number of aryl methyl sites for hydroxylation is 2. The minimum absolute atomic E-state index is 0.582. The highest BCUT2D eigenvalue weighted by atomic mass is 15.3. The second-order valence-corrected chi connectivity index (χ2v) is 7.96. The van der Waals surface area contributed by atoms with Crippen molar-refractivity contribution in [2.45, 2.75) is 50.9 Å². The number of hydrogen-bond donors (Lipinski definition) is 1. The van der Waals surface area contributed by atoms with Crippen LogP contribution in [0, 0.1) is 5.92 Å². The van der Waals surface area contributed by atoms with Crippen molar-refractivity contribution in [3.8, 4) is 0 Å². The van der Waals surface area contributed by atoms with E-state index in [2.05, 4.69) is 31.5 Å². The topological polar surface area (TPSA) is 66.8 Å². The van der Waals surface area contributed by atoms with E-state index < -0.39 is 0 Å². The van der Waals surface area contributed by atoms with Gasteiger partial charge in [0, 0.05) is 37.7 Å². The summed E-state index contributed by atoms with van der Waals surface area (Å²) >= 11 is 0. The van der Waals surface area contributed by atoms with Gasteiger partial charge < -0.3 is 10.2 Å². The molecule has 0 spiro atoms. The standard InChI is InChI=1S/C20H26N6/c1-2-7-17-16(4-1)10-19(25-24-17)26-12-14(13-26)11-22-18-8-9-21-20(23-18)15-5-3-6-15/h8-10,14-15H,1-7,11-13H2,(H,21,22,23). The summed E-state index contributed by atoms with van der Waals surface area (Å²) < 4.78 is 0. The third-order valence-electron chi connectivity index (χ3n) is 6.05. The Labute approximate surface area is 154 Å². The second-order valence-electron chi connectivity index (χ2n) is 7.96. The Morgan fingerprint density at radius 3 is 2.81 bits per heavy atom. The lowest BCUT2D eigenvalue weighted by molar-refractivity contribution is 0.401. The van der Waals surface area contributed by atoms with Gasteiger partial charge in [-0.3, -0.25) is 0 Å². The van der Waals surface area contributed by atoms with Crippen LogP contribution >= 0.6 is 0 Å². The number of hydrogen-bond acceptors (Lipinski definition) is 6. The van der Waals surface area contributed by atoms with Crippen LogP contribution in [0.4, 0.5) is 11.6 Å². The Kier molecular flexibility index (Phi) is 4.19. The van der Waals surface area contributed by atoms with Crippen LogP contribution in [0.3, 0.4) is 0 Å². The van der Waals surface area contributed by atoms with Crippen LogP contribution in [0.15, 0.2) is 18.3 Å². The molecule has 2 aliphatic carbocycles. The fraction of sp³-hybridized carbons (Fsp3) is 0.600. The molecule has 0 amide bonds. The van der Waals surface area contributed by atoms with E-state index >= 15 is 0 Å². The maximum Gasteiger partial charge on any atom is 0.151 e. The van der Waals surface area contributed by atoms with Crippen LogP contribution < -0.4 is 10.2 Å². The first kappa shape index (κ1) is 16.0. The van der Waals surface area contributed by atoms with E-state index in [4.69, 9.17) is 4.98 Å². The average Bonchev–Trinajstić information content (AvgIpc) is 2.59. The molecular weight excluding hydrogens is 324 g/mol. The van der Waals surface area contributed by atoms with Crippen LogP contribution in [0.25, 0.3) is 0 Å². The first-order valence-corrected chi connectivity index (χ1v) is 10.0. The minimum Gasteiger partial charge on any atom is -0.370 e. The van der Waals surface area contributed by atoms with Crippen LogP contribution in [-0.4, -0.2) is 39.8 Å². The maximum atomic E-state index is 4.69. The summed E-state index contributed by atoms with van der Waals surface area (Å²) in [5.74, 6) is 4.25. The third kappa shape index (κ3) is 3.13. The van der Waals surface area contributed by atoms with Gasteiger partial charge in [0.2, 0.25) is 0 Å². The summed E-state index contributed by atoms with van der Waals surface area (Å²) in [6.07, 6.45) is 10.5. The molecule has 0 aromatic carbocycles. The molecule has 0 unspecified atom stereocenters. The molecule has 6 heteroatoms. The van der Waals surface area contributed by atoms with Gasteiger partial charge >= 0.3 is 0 Å². The highest BCUT2D eigenvalue weighted by Gasteiger charge is 2.29. The summed E-state index contributed by atoms with van der Waals surface area (Å²) in [5, 5.41) is 12.4. The predicted octanol–water partition coefficient (Wildman–Crippen LogP) is 2.96. The Morgan fingerprint density at radius 1 is 1.08 bits per heavy atom. The minimum atomic E-state index is 0.582. The Hall–Kier alpha value is -2.24. The fourth-order valence-corrected chi connectivity index (χ4v) is 4.10. The van der Waals surface area contributed by atoms with E-state index in [0.29, 0.717) is 11.8 Å². The van der Waals surface area contributed by atoms with Gasteiger partial charge in [0.15, 0.2) is 5.82 Å². The van der Waals surface area contributed by atoms with Crippen molar-refractivity contribution in [2.75, 3.05) is 29.9 Å². The van der Waals surface area contributed by atoms with Crippen molar-refractivity contribution < 1.29 is 0 Å². The molecule has 6 nitrogen and oxygen atoms in total. The Morgan fingerprint density at radius 2 is 1.96 bits per heavy atom. The molecule has 1 aliphatic heterocycles. The molecule has 1 saturated heterocycles. The lowest BCUT2D eigenvalue weighted by Gasteiger charge is -2.40. The number of fused-ring (bicyclic) bond motifs is 1. The first-order valence-electron chi connectivity index (χ1n) is 10.0. The zero-order valence-corrected chi connectivity index (χ0v) is 15.2. The largest absolute Gasteiger partial charge is 0.370 e. The lowest BCUT2D eigenvalue weighted by Crippen LogP contribution is -2.50. The normalized spacial score (nSPS) is 20.2. The molecule has 2 aromatic heterocycles. The molecule has 1 saturated carbocycles. The zero-order valence-electron chi connectivity index (χ0n) is 15.2. The summed E-state index contributed by atoms with van der Waals surface area (Å²) in [6.45, 7) is 3.04. The number of anilines is 2. The zero-order chi connectivity index (χ0) is 17.3. The van der Waals surface area contributed by atoms with Crippen molar-refractivity contribution in [1.29, 1.82) is 0 Å². The molecule has 0 bridgehead atoms. The molecule has 5 rings (SSSR count). The van der Waals surface area contributed by atoms with Crippen molar-refractivity contribution in [2.24, 2.45) is 5.92 Å². The molecule has 3 aliphatic rings. The lowest BCUT2D eigenvalue weighted by atomic mass is 9.85. The van der Waals surface area contributed by atoms with Crippen LogP contribution in [0.5, 0.6) is 0 Å². The molecule has 0 radical (unpaired) electrons. The van der Waals surface area contributed by atoms with Gasteiger partial charge in [0.25, 0.3) is 0 Å². The van der Waals surface area contributed by atoms with E-state index in [1.807, 2.05) is 12.3 Å². The van der Waals surface area contributed by atoms with Gasteiger partial charge in [-0.15, -0.1) is 5.10 Å². The summed E-state index contributed by atoms with van der Waals surface area (Å²) in [6, 6.07) is 4.24. The summed E-state index contributed by atoms with van der Waals surface area (Å²) in [4.78, 5) is 11.5. The van der Waals surface area contributed by atoms with E-state index in [0.717, 1.165) is 49.9 Å². The number of nitrogens with zero attached hydrogens (tertiary/aromatic N) is 5. The number of rotatable bonds is 5. The van der Waals surface area contributed by atoms with Gasteiger partial charge in [0.1, 0.15) is 11.6 Å². The predicted molar refractivity (Wildman–Crippen MR) is 101 cm³/mol. The Balaban J connectivity index is 1.14. The van der Waals surface area contributed by atoms with Crippen molar-refractivity contribution >= 4 is 11.6 Å². The van der Waals surface area contributed by atoms with Crippen molar-refractivity contribution in [3.63, 3.8) is 0 Å². The highest BCUT2D eigenvalue weighted by molar-refractivity contribution is 5.45. The molecular formula is C20H26N6. The molecule has 3 heterocycles. The van der Waals surface area contributed by atoms with Gasteiger partial charge in [-0.2, -0.15) is 5.10 Å². The molecule has 136 valence electrons. The van der Waals surface area contributed by atoms with Crippen LogP contribution in [0.2, 0.25) is 0 Å². The number of nitrogens with one attached hydrogen (secondary N) is 1.